The Morgan fingerprint density at radius 2 is 1.80 bits per heavy atom. The highest BCUT2D eigenvalue weighted by Crippen LogP contribution is 2.48. The Bertz CT molecular complexity index is 1190. The Kier molecular flexibility index (Phi) is 4.40. The summed E-state index contributed by atoms with van der Waals surface area (Å²) in [7, 11) is 4.06. The Morgan fingerprint density at radius 1 is 1.00 bits per heavy atom. The van der Waals surface area contributed by atoms with Crippen molar-refractivity contribution in [2.24, 2.45) is 0 Å². The maximum Gasteiger partial charge on any atom is 0.260 e. The van der Waals surface area contributed by atoms with Gasteiger partial charge in [0.15, 0.2) is 0 Å². The Hall–Kier alpha value is -3.44. The molecule has 4 nitrogen and oxygen atoms in total. The summed E-state index contributed by atoms with van der Waals surface area (Å²) < 4.78 is 20.4. The first-order valence-electron chi connectivity index (χ1n) is 9.86. The van der Waals surface area contributed by atoms with Gasteiger partial charge < -0.3 is 15.0 Å². The van der Waals surface area contributed by atoms with Crippen molar-refractivity contribution in [2.45, 2.75) is 12.6 Å². The van der Waals surface area contributed by atoms with Crippen LogP contribution in [-0.4, -0.2) is 24.9 Å². The lowest BCUT2D eigenvalue weighted by atomic mass is 9.94. The van der Waals surface area contributed by atoms with Crippen LogP contribution in [0.4, 0.5) is 10.1 Å². The van der Waals surface area contributed by atoms with E-state index in [4.69, 9.17) is 4.74 Å². The van der Waals surface area contributed by atoms with Gasteiger partial charge in [-0.3, -0.25) is 4.79 Å². The van der Waals surface area contributed by atoms with Crippen molar-refractivity contribution in [2.75, 3.05) is 19.4 Å². The second-order valence-corrected chi connectivity index (χ2v) is 7.92. The van der Waals surface area contributed by atoms with Crippen LogP contribution in [0.3, 0.4) is 0 Å². The molecule has 0 radical (unpaired) electrons. The number of fused-ring (bicyclic) bond motifs is 2. The molecule has 1 atom stereocenters. The number of nitrogens with one attached hydrogen (secondary N) is 1. The molecule has 2 heterocycles. The second kappa shape index (κ2) is 7.11. The SMILES string of the molecule is CN(C)Cc1ccc2c(c1)C(c1ccccc1)OC2=C1C(=O)Nc2ccc(F)cc21. The predicted octanol–water partition coefficient (Wildman–Crippen LogP) is 4.83. The highest BCUT2D eigenvalue weighted by atomic mass is 19.1. The summed E-state index contributed by atoms with van der Waals surface area (Å²) in [5.41, 5.74) is 5.57. The van der Waals surface area contributed by atoms with Crippen LogP contribution in [0.2, 0.25) is 0 Å². The van der Waals surface area contributed by atoms with Crippen molar-refractivity contribution in [3.63, 3.8) is 0 Å². The summed E-state index contributed by atoms with van der Waals surface area (Å²) in [6, 6.07) is 20.4. The first-order chi connectivity index (χ1) is 14.5. The van der Waals surface area contributed by atoms with Crippen LogP contribution in [0.15, 0.2) is 66.7 Å². The average Bonchev–Trinajstić information content (AvgIpc) is 3.24. The molecule has 0 bridgehead atoms. The number of hydrogen-bond acceptors (Lipinski definition) is 3. The molecule has 150 valence electrons. The van der Waals surface area contributed by atoms with Crippen molar-refractivity contribution in [3.8, 4) is 0 Å². The molecule has 0 saturated heterocycles. The maximum atomic E-state index is 14.0. The first kappa shape index (κ1) is 18.6. The standard InChI is InChI=1S/C25H21FN2O2/c1-28(2)14-15-8-10-18-19(12-15)23(16-6-4-3-5-7-16)30-24(18)22-20-13-17(26)9-11-21(20)27-25(22)29/h3-13,23H,14H2,1-2H3,(H,27,29). The molecule has 3 aromatic rings. The molecular formula is C25H21FN2O2. The van der Waals surface area contributed by atoms with Gasteiger partial charge in [0.25, 0.3) is 5.91 Å². The molecule has 2 aliphatic heterocycles. The number of carbonyl (C=O) groups excluding carboxylic acids is 1. The van der Waals surface area contributed by atoms with Gasteiger partial charge in [-0.2, -0.15) is 0 Å². The summed E-state index contributed by atoms with van der Waals surface area (Å²) in [6.45, 7) is 0.801. The van der Waals surface area contributed by atoms with Crippen LogP contribution in [0.25, 0.3) is 11.3 Å². The minimum atomic E-state index is -0.387. The van der Waals surface area contributed by atoms with E-state index in [0.717, 1.165) is 28.8 Å². The van der Waals surface area contributed by atoms with E-state index in [0.29, 0.717) is 22.6 Å². The molecule has 1 N–H and O–H groups in total. The number of rotatable bonds is 3. The average molecular weight is 400 g/mol. The third kappa shape index (κ3) is 3.08. The fraction of sp³-hybridized carbons (Fsp3) is 0.160. The van der Waals surface area contributed by atoms with Gasteiger partial charge in [0.05, 0.1) is 5.57 Å². The number of benzene rings is 3. The highest BCUT2D eigenvalue weighted by molar-refractivity contribution is 6.36. The quantitative estimate of drug-likeness (QED) is 0.641. The summed E-state index contributed by atoms with van der Waals surface area (Å²) in [4.78, 5) is 14.9. The van der Waals surface area contributed by atoms with Crippen molar-refractivity contribution >= 4 is 22.9 Å². The van der Waals surface area contributed by atoms with Crippen molar-refractivity contribution in [1.29, 1.82) is 0 Å². The maximum absolute atomic E-state index is 14.0. The van der Waals surface area contributed by atoms with E-state index in [1.165, 1.54) is 12.1 Å². The zero-order chi connectivity index (χ0) is 20.8. The van der Waals surface area contributed by atoms with Gasteiger partial charge >= 0.3 is 0 Å². The van der Waals surface area contributed by atoms with E-state index in [1.54, 1.807) is 6.07 Å². The molecule has 0 aliphatic carbocycles. The van der Waals surface area contributed by atoms with Crippen LogP contribution in [-0.2, 0) is 16.1 Å². The number of halogens is 1. The number of carbonyl (C=O) groups is 1. The summed E-state index contributed by atoms with van der Waals surface area (Å²) in [5.74, 6) is -0.165. The van der Waals surface area contributed by atoms with E-state index in [9.17, 15) is 9.18 Å². The third-order valence-electron chi connectivity index (χ3n) is 5.43. The lowest BCUT2D eigenvalue weighted by molar-refractivity contribution is -0.110. The Labute approximate surface area is 174 Å². The summed E-state index contributed by atoms with van der Waals surface area (Å²) in [6.07, 6.45) is -0.323. The lowest BCUT2D eigenvalue weighted by Crippen LogP contribution is -2.11. The Balaban J connectivity index is 1.71. The molecule has 0 spiro atoms. The predicted molar refractivity (Wildman–Crippen MR) is 115 cm³/mol. The number of amides is 1. The Morgan fingerprint density at radius 3 is 2.57 bits per heavy atom. The van der Waals surface area contributed by atoms with Gasteiger partial charge in [0.1, 0.15) is 17.7 Å². The molecule has 0 saturated carbocycles. The third-order valence-corrected chi connectivity index (χ3v) is 5.43. The van der Waals surface area contributed by atoms with Gasteiger partial charge in [0, 0.05) is 28.9 Å². The molecular weight excluding hydrogens is 379 g/mol. The zero-order valence-electron chi connectivity index (χ0n) is 16.8. The first-order valence-corrected chi connectivity index (χ1v) is 9.86. The molecule has 3 aromatic carbocycles. The molecule has 0 fully saturated rings. The van der Waals surface area contributed by atoms with Crippen LogP contribution < -0.4 is 5.32 Å². The minimum Gasteiger partial charge on any atom is -0.479 e. The zero-order valence-corrected chi connectivity index (χ0v) is 16.8. The molecule has 5 heteroatoms. The molecule has 5 rings (SSSR count). The molecule has 0 aromatic heterocycles. The van der Waals surface area contributed by atoms with E-state index >= 15 is 0 Å². The molecule has 1 unspecified atom stereocenters. The highest BCUT2D eigenvalue weighted by Gasteiger charge is 2.37. The van der Waals surface area contributed by atoms with Crippen molar-refractivity contribution in [3.05, 3.63) is 100 Å². The van der Waals surface area contributed by atoms with Crippen LogP contribution >= 0.6 is 0 Å². The summed E-state index contributed by atoms with van der Waals surface area (Å²) >= 11 is 0. The minimum absolute atomic E-state index is 0.275. The largest absolute Gasteiger partial charge is 0.479 e. The van der Waals surface area contributed by atoms with Gasteiger partial charge in [-0.05, 0) is 49.5 Å². The topological polar surface area (TPSA) is 41.6 Å². The summed E-state index contributed by atoms with van der Waals surface area (Å²) in [5, 5.41) is 2.82. The van der Waals surface area contributed by atoms with E-state index in [-0.39, 0.29) is 17.8 Å². The monoisotopic (exact) mass is 400 g/mol. The van der Waals surface area contributed by atoms with Crippen LogP contribution in [0.1, 0.15) is 33.9 Å². The smallest absolute Gasteiger partial charge is 0.260 e. The lowest BCUT2D eigenvalue weighted by Gasteiger charge is -2.14. The van der Waals surface area contributed by atoms with Gasteiger partial charge in [0.2, 0.25) is 0 Å². The number of nitrogens with zero attached hydrogens (tertiary/aromatic N) is 1. The fourth-order valence-electron chi connectivity index (χ4n) is 4.18. The van der Waals surface area contributed by atoms with Crippen LogP contribution in [0.5, 0.6) is 0 Å². The van der Waals surface area contributed by atoms with Crippen LogP contribution in [0, 0.1) is 5.82 Å². The van der Waals surface area contributed by atoms with E-state index in [1.807, 2.05) is 50.5 Å². The van der Waals surface area contributed by atoms with E-state index < -0.39 is 0 Å². The van der Waals surface area contributed by atoms with Crippen molar-refractivity contribution < 1.29 is 13.9 Å². The second-order valence-electron chi connectivity index (χ2n) is 7.92. The molecule has 30 heavy (non-hydrogen) atoms. The van der Waals surface area contributed by atoms with E-state index in [2.05, 4.69) is 22.3 Å². The van der Waals surface area contributed by atoms with Gasteiger partial charge in [-0.25, -0.2) is 4.39 Å². The van der Waals surface area contributed by atoms with Gasteiger partial charge in [-0.15, -0.1) is 0 Å². The molecule has 2 aliphatic rings. The fourth-order valence-corrected chi connectivity index (χ4v) is 4.18. The number of hydrogen-bond donors (Lipinski definition) is 1. The normalized spacial score (nSPS) is 19.5. The molecule has 1 amide bonds. The number of ether oxygens (including phenoxy) is 1. The number of anilines is 1. The van der Waals surface area contributed by atoms with Crippen molar-refractivity contribution in [1.82, 2.24) is 4.90 Å². The van der Waals surface area contributed by atoms with Gasteiger partial charge in [-0.1, -0.05) is 42.5 Å².